The normalized spacial score (nSPS) is 23.8. The lowest BCUT2D eigenvalue weighted by Crippen LogP contribution is -2.44. The van der Waals surface area contributed by atoms with E-state index in [1.807, 2.05) is 83.8 Å². The van der Waals surface area contributed by atoms with Crippen LogP contribution in [0, 0.1) is 10.1 Å². The van der Waals surface area contributed by atoms with Gasteiger partial charge in [0.25, 0.3) is 0 Å². The largest absolute Gasteiger partial charge is 0.346 e. The molecule has 0 spiro atoms. The maximum absolute atomic E-state index is 13.9. The SMILES string of the molecule is O=C(c1ccc(Br)cc1)[C@H]1[C@H](c2ccccc2)[C@@H]([N+](=O)[O-])[C@@H]2C=Cc3ccccc3N21. The molecule has 3 aromatic rings. The summed E-state index contributed by atoms with van der Waals surface area (Å²) in [5.74, 6) is -0.686. The number of Topliss-reactive ketones (excluding diaryl/α,β-unsaturated/α-hetero) is 1. The summed E-state index contributed by atoms with van der Waals surface area (Å²) in [6.07, 6.45) is 3.81. The van der Waals surface area contributed by atoms with Crippen LogP contribution in [0.15, 0.2) is 89.4 Å². The highest BCUT2D eigenvalue weighted by Crippen LogP contribution is 2.46. The van der Waals surface area contributed by atoms with Crippen LogP contribution in [0.3, 0.4) is 0 Å². The molecule has 0 aliphatic carbocycles. The number of halogens is 1. The fourth-order valence-electron chi connectivity index (χ4n) is 4.89. The lowest BCUT2D eigenvalue weighted by Gasteiger charge is -2.34. The summed E-state index contributed by atoms with van der Waals surface area (Å²) in [5.41, 5.74) is 3.17. The van der Waals surface area contributed by atoms with E-state index in [-0.39, 0.29) is 10.7 Å². The first-order valence-electron chi connectivity index (χ1n) is 10.1. The second kappa shape index (κ2) is 7.78. The molecule has 154 valence electrons. The van der Waals surface area contributed by atoms with Gasteiger partial charge in [0.2, 0.25) is 6.04 Å². The van der Waals surface area contributed by atoms with Crippen LogP contribution >= 0.6 is 15.9 Å². The molecule has 0 bridgehead atoms. The van der Waals surface area contributed by atoms with Gasteiger partial charge >= 0.3 is 0 Å². The average Bonchev–Trinajstić information content (AvgIpc) is 3.15. The maximum Gasteiger partial charge on any atom is 0.245 e. The number of benzene rings is 3. The van der Waals surface area contributed by atoms with Gasteiger partial charge in [-0.25, -0.2) is 0 Å². The monoisotopic (exact) mass is 474 g/mol. The van der Waals surface area contributed by atoms with Crippen LogP contribution in [0.1, 0.15) is 27.4 Å². The molecule has 2 aliphatic heterocycles. The van der Waals surface area contributed by atoms with Crippen molar-refractivity contribution in [3.05, 3.63) is 116 Å². The van der Waals surface area contributed by atoms with E-state index in [1.54, 1.807) is 12.1 Å². The third-order valence-electron chi connectivity index (χ3n) is 6.19. The first kappa shape index (κ1) is 19.7. The van der Waals surface area contributed by atoms with Gasteiger partial charge < -0.3 is 4.90 Å². The zero-order valence-electron chi connectivity index (χ0n) is 16.5. The standard InChI is InChI=1S/C25H19BrN2O3/c26-19-13-10-18(11-14-19)25(29)24-22(17-7-2-1-3-8-17)23(28(30)31)21-15-12-16-6-4-5-9-20(16)27(21)24/h1-15,21-24H/t21-,22+,23-,24+/m0/s1. The molecule has 0 aromatic heterocycles. The topological polar surface area (TPSA) is 63.4 Å². The Kier molecular flexibility index (Phi) is 4.94. The molecule has 0 unspecified atom stereocenters. The molecule has 0 N–H and O–H groups in total. The third-order valence-corrected chi connectivity index (χ3v) is 6.72. The predicted octanol–water partition coefficient (Wildman–Crippen LogP) is 5.35. The van der Waals surface area contributed by atoms with Gasteiger partial charge in [-0.15, -0.1) is 0 Å². The fourth-order valence-corrected chi connectivity index (χ4v) is 5.15. The van der Waals surface area contributed by atoms with E-state index in [0.29, 0.717) is 5.56 Å². The second-order valence-corrected chi connectivity index (χ2v) is 8.76. The number of carbonyl (C=O) groups excluding carboxylic acids is 1. The highest BCUT2D eigenvalue weighted by atomic mass is 79.9. The Hall–Kier alpha value is -3.25. The smallest absolute Gasteiger partial charge is 0.245 e. The van der Waals surface area contributed by atoms with Crippen molar-refractivity contribution in [1.82, 2.24) is 0 Å². The molecule has 31 heavy (non-hydrogen) atoms. The van der Waals surface area contributed by atoms with E-state index in [1.165, 1.54) is 0 Å². The van der Waals surface area contributed by atoms with Gasteiger partial charge in [-0.1, -0.05) is 88.7 Å². The molecule has 1 saturated heterocycles. The summed E-state index contributed by atoms with van der Waals surface area (Å²) < 4.78 is 0.877. The van der Waals surface area contributed by atoms with E-state index >= 15 is 0 Å². The van der Waals surface area contributed by atoms with Gasteiger partial charge in [0.15, 0.2) is 5.78 Å². The van der Waals surface area contributed by atoms with E-state index < -0.39 is 24.0 Å². The summed E-state index contributed by atoms with van der Waals surface area (Å²) in [4.78, 5) is 27.9. The molecule has 5 rings (SSSR count). The Morgan fingerprint density at radius 3 is 2.32 bits per heavy atom. The number of nitro groups is 1. The molecule has 1 fully saturated rings. The number of anilines is 1. The van der Waals surface area contributed by atoms with Gasteiger partial charge in [-0.3, -0.25) is 14.9 Å². The molecule has 3 aromatic carbocycles. The Balaban J connectivity index is 1.72. The van der Waals surface area contributed by atoms with Gasteiger partial charge in [0.05, 0.1) is 5.92 Å². The molecule has 0 radical (unpaired) electrons. The molecule has 2 aliphatic rings. The summed E-state index contributed by atoms with van der Waals surface area (Å²) in [6, 6.07) is 22.2. The van der Waals surface area contributed by atoms with E-state index in [4.69, 9.17) is 0 Å². The Morgan fingerprint density at radius 2 is 1.61 bits per heavy atom. The lowest BCUT2D eigenvalue weighted by molar-refractivity contribution is -0.524. The van der Waals surface area contributed by atoms with Gasteiger partial charge in [-0.2, -0.15) is 0 Å². The summed E-state index contributed by atoms with van der Waals surface area (Å²) in [7, 11) is 0. The molecular formula is C25H19BrN2O3. The Bertz CT molecular complexity index is 1180. The van der Waals surface area contributed by atoms with Gasteiger partial charge in [0, 0.05) is 20.6 Å². The van der Waals surface area contributed by atoms with Crippen molar-refractivity contribution in [2.75, 3.05) is 4.90 Å². The minimum Gasteiger partial charge on any atom is -0.346 e. The number of nitrogens with zero attached hydrogens (tertiary/aromatic N) is 2. The minimum absolute atomic E-state index is 0.110. The van der Waals surface area contributed by atoms with Crippen LogP contribution < -0.4 is 4.90 Å². The molecule has 4 atom stereocenters. The van der Waals surface area contributed by atoms with Crippen molar-refractivity contribution in [3.8, 4) is 0 Å². The minimum atomic E-state index is -0.934. The molecular weight excluding hydrogens is 456 g/mol. The second-order valence-electron chi connectivity index (χ2n) is 7.84. The number of para-hydroxylation sites is 1. The average molecular weight is 475 g/mol. The van der Waals surface area contributed by atoms with Crippen molar-refractivity contribution in [2.45, 2.75) is 24.0 Å². The summed E-state index contributed by atoms with van der Waals surface area (Å²) >= 11 is 3.41. The Morgan fingerprint density at radius 1 is 0.935 bits per heavy atom. The van der Waals surface area contributed by atoms with Crippen LogP contribution in [0.5, 0.6) is 0 Å². The quantitative estimate of drug-likeness (QED) is 0.290. The number of carbonyl (C=O) groups is 1. The number of ketones is 1. The van der Waals surface area contributed by atoms with Crippen LogP contribution in [0.4, 0.5) is 5.69 Å². The highest BCUT2D eigenvalue weighted by Gasteiger charge is 2.58. The molecule has 0 amide bonds. The number of hydrogen-bond acceptors (Lipinski definition) is 4. The van der Waals surface area contributed by atoms with Crippen molar-refractivity contribution < 1.29 is 9.72 Å². The number of rotatable bonds is 4. The third kappa shape index (κ3) is 3.27. The number of fused-ring (bicyclic) bond motifs is 3. The van der Waals surface area contributed by atoms with Crippen LogP contribution in [0.25, 0.3) is 6.08 Å². The molecule has 5 nitrogen and oxygen atoms in total. The van der Waals surface area contributed by atoms with Crippen molar-refractivity contribution in [1.29, 1.82) is 0 Å². The van der Waals surface area contributed by atoms with Gasteiger partial charge in [-0.05, 0) is 29.3 Å². The number of hydrogen-bond donors (Lipinski definition) is 0. The molecule has 0 saturated carbocycles. The van der Waals surface area contributed by atoms with Crippen molar-refractivity contribution in [3.63, 3.8) is 0 Å². The van der Waals surface area contributed by atoms with Gasteiger partial charge in [0.1, 0.15) is 12.1 Å². The van der Waals surface area contributed by atoms with Crippen LogP contribution in [0.2, 0.25) is 0 Å². The van der Waals surface area contributed by atoms with Crippen molar-refractivity contribution >= 4 is 33.5 Å². The maximum atomic E-state index is 13.9. The van der Waals surface area contributed by atoms with Crippen LogP contribution in [-0.2, 0) is 0 Å². The lowest BCUT2D eigenvalue weighted by atomic mass is 9.84. The summed E-state index contributed by atoms with van der Waals surface area (Å²) in [6.45, 7) is 0. The molecule has 6 heteroatoms. The van der Waals surface area contributed by atoms with Crippen LogP contribution in [-0.4, -0.2) is 28.8 Å². The highest BCUT2D eigenvalue weighted by molar-refractivity contribution is 9.10. The fraction of sp³-hybridized carbons (Fsp3) is 0.160. The summed E-state index contributed by atoms with van der Waals surface area (Å²) in [5, 5.41) is 12.3. The van der Waals surface area contributed by atoms with E-state index in [9.17, 15) is 14.9 Å². The van der Waals surface area contributed by atoms with Crippen molar-refractivity contribution in [2.24, 2.45) is 0 Å². The predicted molar refractivity (Wildman–Crippen MR) is 124 cm³/mol. The molecule has 2 heterocycles. The first-order valence-corrected chi connectivity index (χ1v) is 10.9. The Labute approximate surface area is 188 Å². The van der Waals surface area contributed by atoms with E-state index in [0.717, 1.165) is 21.3 Å². The first-order chi connectivity index (χ1) is 15.1. The van der Waals surface area contributed by atoms with E-state index in [2.05, 4.69) is 15.9 Å². The zero-order valence-corrected chi connectivity index (χ0v) is 18.1. The zero-order chi connectivity index (χ0) is 21.5.